The highest BCUT2D eigenvalue weighted by atomic mass is 35.5. The average Bonchev–Trinajstić information content (AvgIpc) is 2.71. The van der Waals surface area contributed by atoms with Gasteiger partial charge in [-0.1, -0.05) is 17.7 Å². The number of esters is 1. The SMILES string of the molecule is Cc1ccc(Cl)cc1NC(=O)[C@H](C)OC(=O)c1ccc(N2CCOCC2)nc1. The van der Waals surface area contributed by atoms with E-state index >= 15 is 0 Å². The van der Waals surface area contributed by atoms with Gasteiger partial charge >= 0.3 is 5.97 Å². The molecule has 148 valence electrons. The Labute approximate surface area is 168 Å². The van der Waals surface area contributed by atoms with Crippen molar-refractivity contribution in [2.75, 3.05) is 36.5 Å². The van der Waals surface area contributed by atoms with E-state index in [1.54, 1.807) is 30.3 Å². The van der Waals surface area contributed by atoms with Gasteiger partial charge in [-0.2, -0.15) is 0 Å². The quantitative estimate of drug-likeness (QED) is 0.773. The number of carbonyl (C=O) groups is 2. The molecule has 1 N–H and O–H groups in total. The van der Waals surface area contributed by atoms with E-state index in [1.165, 1.54) is 13.1 Å². The van der Waals surface area contributed by atoms with Crippen LogP contribution in [0, 0.1) is 6.92 Å². The third kappa shape index (κ3) is 4.99. The van der Waals surface area contributed by atoms with Gasteiger partial charge < -0.3 is 19.7 Å². The minimum atomic E-state index is -0.968. The van der Waals surface area contributed by atoms with Gasteiger partial charge in [0.05, 0.1) is 18.8 Å². The molecule has 2 heterocycles. The first-order valence-corrected chi connectivity index (χ1v) is 9.38. The summed E-state index contributed by atoms with van der Waals surface area (Å²) in [7, 11) is 0. The van der Waals surface area contributed by atoms with E-state index in [-0.39, 0.29) is 5.56 Å². The monoisotopic (exact) mass is 403 g/mol. The maximum Gasteiger partial charge on any atom is 0.340 e. The molecule has 3 rings (SSSR count). The largest absolute Gasteiger partial charge is 0.449 e. The highest BCUT2D eigenvalue weighted by Gasteiger charge is 2.20. The number of hydrogen-bond acceptors (Lipinski definition) is 6. The summed E-state index contributed by atoms with van der Waals surface area (Å²) in [5.74, 6) is -0.259. The number of carbonyl (C=O) groups excluding carboxylic acids is 2. The van der Waals surface area contributed by atoms with Crippen LogP contribution in [0.5, 0.6) is 0 Å². The van der Waals surface area contributed by atoms with Crippen molar-refractivity contribution in [2.45, 2.75) is 20.0 Å². The number of nitrogens with zero attached hydrogens (tertiary/aromatic N) is 2. The molecule has 1 aromatic heterocycles. The summed E-state index contributed by atoms with van der Waals surface area (Å²) in [5.41, 5.74) is 1.73. The van der Waals surface area contributed by atoms with Crippen LogP contribution in [-0.2, 0) is 14.3 Å². The Morgan fingerprint density at radius 1 is 1.25 bits per heavy atom. The Balaban J connectivity index is 1.58. The van der Waals surface area contributed by atoms with Gasteiger partial charge in [-0.05, 0) is 43.7 Å². The number of benzene rings is 1. The van der Waals surface area contributed by atoms with E-state index < -0.39 is 18.0 Å². The van der Waals surface area contributed by atoms with Crippen LogP contribution in [0.4, 0.5) is 11.5 Å². The van der Waals surface area contributed by atoms with Gasteiger partial charge in [0.25, 0.3) is 5.91 Å². The molecule has 1 aliphatic heterocycles. The second-order valence-corrected chi connectivity index (χ2v) is 6.94. The van der Waals surface area contributed by atoms with Crippen LogP contribution >= 0.6 is 11.6 Å². The Morgan fingerprint density at radius 3 is 2.68 bits per heavy atom. The zero-order valence-electron chi connectivity index (χ0n) is 15.8. The molecule has 1 amide bonds. The van der Waals surface area contributed by atoms with Gasteiger partial charge in [0.2, 0.25) is 0 Å². The number of aromatic nitrogens is 1. The molecule has 1 atom stereocenters. The number of morpholine rings is 1. The molecule has 0 bridgehead atoms. The normalized spacial score (nSPS) is 15.0. The van der Waals surface area contributed by atoms with Crippen molar-refractivity contribution < 1.29 is 19.1 Å². The molecule has 8 heteroatoms. The molecule has 28 heavy (non-hydrogen) atoms. The molecule has 0 aliphatic carbocycles. The standard InChI is InChI=1S/C20H22ClN3O4/c1-13-3-5-16(21)11-17(13)23-19(25)14(2)28-20(26)15-4-6-18(22-12-15)24-7-9-27-10-8-24/h3-6,11-12,14H,7-10H2,1-2H3,(H,23,25)/t14-/m0/s1. The fraction of sp³-hybridized carbons (Fsp3) is 0.350. The number of aryl methyl sites for hydroxylation is 1. The number of hydrogen-bond donors (Lipinski definition) is 1. The van der Waals surface area contributed by atoms with Gasteiger partial charge in [-0.3, -0.25) is 4.79 Å². The van der Waals surface area contributed by atoms with Gasteiger partial charge in [0.1, 0.15) is 5.82 Å². The summed E-state index contributed by atoms with van der Waals surface area (Å²) in [6.45, 7) is 6.20. The van der Waals surface area contributed by atoms with Crippen molar-refractivity contribution in [3.8, 4) is 0 Å². The van der Waals surface area contributed by atoms with Gasteiger partial charge in [-0.25, -0.2) is 9.78 Å². The zero-order chi connectivity index (χ0) is 20.1. The van der Waals surface area contributed by atoms with Crippen molar-refractivity contribution in [1.29, 1.82) is 0 Å². The van der Waals surface area contributed by atoms with Crippen molar-refractivity contribution in [2.24, 2.45) is 0 Å². The predicted molar refractivity (Wildman–Crippen MR) is 107 cm³/mol. The first-order valence-electron chi connectivity index (χ1n) is 9.01. The second-order valence-electron chi connectivity index (χ2n) is 6.50. The fourth-order valence-corrected chi connectivity index (χ4v) is 2.90. The molecule has 0 unspecified atom stereocenters. The molecule has 0 spiro atoms. The Kier molecular flexibility index (Phi) is 6.49. The minimum Gasteiger partial charge on any atom is -0.449 e. The zero-order valence-corrected chi connectivity index (χ0v) is 16.5. The highest BCUT2D eigenvalue weighted by Crippen LogP contribution is 2.20. The van der Waals surface area contributed by atoms with Crippen LogP contribution in [0.3, 0.4) is 0 Å². The van der Waals surface area contributed by atoms with Gasteiger partial charge in [0.15, 0.2) is 6.10 Å². The molecule has 1 aromatic carbocycles. The Hall–Kier alpha value is -2.64. The summed E-state index contributed by atoms with van der Waals surface area (Å²) >= 11 is 5.96. The molecule has 7 nitrogen and oxygen atoms in total. The molecule has 0 saturated carbocycles. The third-order valence-corrected chi connectivity index (χ3v) is 4.66. The van der Waals surface area contributed by atoms with Crippen LogP contribution in [0.1, 0.15) is 22.8 Å². The number of amides is 1. The maximum atomic E-state index is 12.3. The van der Waals surface area contributed by atoms with E-state index in [2.05, 4.69) is 15.2 Å². The smallest absolute Gasteiger partial charge is 0.340 e. The Bertz CT molecular complexity index is 851. The van der Waals surface area contributed by atoms with Crippen LogP contribution in [-0.4, -0.2) is 49.3 Å². The number of halogens is 1. The summed E-state index contributed by atoms with van der Waals surface area (Å²) in [6, 6.07) is 8.60. The van der Waals surface area contributed by atoms with Crippen LogP contribution in [0.2, 0.25) is 5.02 Å². The maximum absolute atomic E-state index is 12.3. The fourth-order valence-electron chi connectivity index (χ4n) is 2.73. The van der Waals surface area contributed by atoms with E-state index in [1.807, 2.05) is 6.92 Å². The first-order chi connectivity index (χ1) is 13.4. The molecule has 1 saturated heterocycles. The summed E-state index contributed by atoms with van der Waals surface area (Å²) in [5, 5.41) is 3.24. The van der Waals surface area contributed by atoms with Gasteiger partial charge in [-0.15, -0.1) is 0 Å². The number of anilines is 2. The summed E-state index contributed by atoms with van der Waals surface area (Å²) in [4.78, 5) is 31.1. The lowest BCUT2D eigenvalue weighted by Gasteiger charge is -2.27. The number of rotatable bonds is 5. The lowest BCUT2D eigenvalue weighted by atomic mass is 10.2. The van der Waals surface area contributed by atoms with Crippen molar-refractivity contribution >= 4 is 35.0 Å². The highest BCUT2D eigenvalue weighted by molar-refractivity contribution is 6.31. The first kappa shape index (κ1) is 20.1. The van der Waals surface area contributed by atoms with Crippen molar-refractivity contribution in [1.82, 2.24) is 4.98 Å². The lowest BCUT2D eigenvalue weighted by molar-refractivity contribution is -0.123. The Morgan fingerprint density at radius 2 is 2.00 bits per heavy atom. The second kappa shape index (κ2) is 9.03. The van der Waals surface area contributed by atoms with Crippen LogP contribution < -0.4 is 10.2 Å². The van der Waals surface area contributed by atoms with Crippen LogP contribution in [0.25, 0.3) is 0 Å². The molecule has 1 fully saturated rings. The minimum absolute atomic E-state index is 0.288. The van der Waals surface area contributed by atoms with E-state index in [0.717, 1.165) is 24.5 Å². The summed E-state index contributed by atoms with van der Waals surface area (Å²) in [6.07, 6.45) is 0.489. The molecule has 0 radical (unpaired) electrons. The topological polar surface area (TPSA) is 80.8 Å². The molecule has 1 aliphatic rings. The molecular weight excluding hydrogens is 382 g/mol. The van der Waals surface area contributed by atoms with E-state index in [4.69, 9.17) is 21.1 Å². The van der Waals surface area contributed by atoms with E-state index in [0.29, 0.717) is 23.9 Å². The van der Waals surface area contributed by atoms with Crippen LogP contribution in [0.15, 0.2) is 36.5 Å². The molecular formula is C20H22ClN3O4. The van der Waals surface area contributed by atoms with Gasteiger partial charge in [0, 0.05) is 30.0 Å². The third-order valence-electron chi connectivity index (χ3n) is 4.43. The number of pyridine rings is 1. The predicted octanol–water partition coefficient (Wildman–Crippen LogP) is 3.06. The lowest BCUT2D eigenvalue weighted by Crippen LogP contribution is -2.36. The van der Waals surface area contributed by atoms with Crippen molar-refractivity contribution in [3.63, 3.8) is 0 Å². The van der Waals surface area contributed by atoms with Crippen molar-refractivity contribution in [3.05, 3.63) is 52.7 Å². The molecule has 2 aromatic rings. The number of nitrogens with one attached hydrogen (secondary N) is 1. The van der Waals surface area contributed by atoms with E-state index in [9.17, 15) is 9.59 Å². The average molecular weight is 404 g/mol. The summed E-state index contributed by atoms with van der Waals surface area (Å²) < 4.78 is 10.6. The number of ether oxygens (including phenoxy) is 2.